The Bertz CT molecular complexity index is 694. The van der Waals surface area contributed by atoms with Crippen molar-refractivity contribution in [3.05, 3.63) is 58.9 Å². The van der Waals surface area contributed by atoms with Gasteiger partial charge in [-0.25, -0.2) is 0 Å². The number of aryl methyl sites for hydroxylation is 1. The number of nitrogens with one attached hydrogen (secondary N) is 1. The molecule has 1 N–H and O–H groups in total. The number of benzene rings is 1. The van der Waals surface area contributed by atoms with Gasteiger partial charge in [0.05, 0.1) is 18.3 Å². The lowest BCUT2D eigenvalue weighted by Crippen LogP contribution is -2.50. The smallest absolute Gasteiger partial charge is 0.122 e. The van der Waals surface area contributed by atoms with Gasteiger partial charge < -0.3 is 10.1 Å². The van der Waals surface area contributed by atoms with Crippen LogP contribution in [-0.4, -0.2) is 18.6 Å². The second-order valence-electron chi connectivity index (χ2n) is 6.45. The number of hydrogen-bond acceptors (Lipinski definition) is 3. The normalized spacial score (nSPS) is 23.9. The third kappa shape index (κ3) is 1.96. The molecule has 1 atom stereocenters. The fourth-order valence-corrected chi connectivity index (χ4v) is 3.95. The van der Waals surface area contributed by atoms with E-state index in [1.807, 2.05) is 12.3 Å². The zero-order valence-corrected chi connectivity index (χ0v) is 13.2. The monoisotopic (exact) mass is 294 g/mol. The highest BCUT2D eigenvalue weighted by molar-refractivity contribution is 5.51. The maximum Gasteiger partial charge on any atom is 0.122 e. The van der Waals surface area contributed by atoms with Crippen LogP contribution in [0.1, 0.15) is 35.2 Å². The van der Waals surface area contributed by atoms with Crippen molar-refractivity contribution in [3.8, 4) is 5.75 Å². The van der Waals surface area contributed by atoms with Crippen molar-refractivity contribution in [2.75, 3.05) is 13.7 Å². The Labute approximate surface area is 131 Å². The standard InChI is InChI=1S/C19H22N2O/c1-13-11-14-8-10-21-19(15-6-7-15,16(14)12-17(13)22-2)18-5-3-4-9-20-18/h3-5,9,11-12,15,21H,6-8,10H2,1-2H3. The van der Waals surface area contributed by atoms with Crippen LogP contribution in [0.5, 0.6) is 5.75 Å². The highest BCUT2D eigenvalue weighted by Crippen LogP contribution is 2.52. The van der Waals surface area contributed by atoms with Crippen LogP contribution in [0.2, 0.25) is 0 Å². The molecule has 1 unspecified atom stereocenters. The summed E-state index contributed by atoms with van der Waals surface area (Å²) in [4.78, 5) is 4.71. The molecule has 3 nitrogen and oxygen atoms in total. The Morgan fingerprint density at radius 1 is 1.27 bits per heavy atom. The third-order valence-corrected chi connectivity index (χ3v) is 5.10. The summed E-state index contributed by atoms with van der Waals surface area (Å²) in [5.74, 6) is 1.61. The van der Waals surface area contributed by atoms with Gasteiger partial charge in [-0.3, -0.25) is 4.98 Å². The Morgan fingerprint density at radius 2 is 2.14 bits per heavy atom. The van der Waals surface area contributed by atoms with Crippen molar-refractivity contribution in [3.63, 3.8) is 0 Å². The van der Waals surface area contributed by atoms with Crippen molar-refractivity contribution in [1.82, 2.24) is 10.3 Å². The van der Waals surface area contributed by atoms with Crippen molar-refractivity contribution in [2.45, 2.75) is 31.7 Å². The van der Waals surface area contributed by atoms with E-state index in [0.717, 1.165) is 24.4 Å². The molecule has 1 aromatic carbocycles. The lowest BCUT2D eigenvalue weighted by Gasteiger charge is -2.41. The number of pyridine rings is 1. The minimum absolute atomic E-state index is 0.143. The molecule has 0 amide bonds. The SMILES string of the molecule is COc1cc2c(cc1C)CCNC2(c1ccccn1)C1CC1. The molecular weight excluding hydrogens is 272 g/mol. The molecule has 114 valence electrons. The Kier molecular flexibility index (Phi) is 3.19. The third-order valence-electron chi connectivity index (χ3n) is 5.10. The molecule has 22 heavy (non-hydrogen) atoms. The second kappa shape index (κ2) is 5.10. The molecule has 0 radical (unpaired) electrons. The van der Waals surface area contributed by atoms with E-state index >= 15 is 0 Å². The molecule has 3 heteroatoms. The summed E-state index contributed by atoms with van der Waals surface area (Å²) in [6.45, 7) is 3.13. The Hall–Kier alpha value is -1.87. The van der Waals surface area contributed by atoms with Gasteiger partial charge in [0.15, 0.2) is 0 Å². The van der Waals surface area contributed by atoms with Gasteiger partial charge in [0.25, 0.3) is 0 Å². The quantitative estimate of drug-likeness (QED) is 0.944. The topological polar surface area (TPSA) is 34.1 Å². The van der Waals surface area contributed by atoms with Gasteiger partial charge in [-0.05, 0) is 67.0 Å². The van der Waals surface area contributed by atoms with Gasteiger partial charge in [0.1, 0.15) is 5.75 Å². The lowest BCUT2D eigenvalue weighted by atomic mass is 9.75. The summed E-state index contributed by atoms with van der Waals surface area (Å²) in [6, 6.07) is 10.8. The Balaban J connectivity index is 1.95. The van der Waals surface area contributed by atoms with Crippen LogP contribution in [0.3, 0.4) is 0 Å². The molecule has 4 rings (SSSR count). The van der Waals surface area contributed by atoms with E-state index < -0.39 is 0 Å². The first kappa shape index (κ1) is 13.8. The average Bonchev–Trinajstić information content (AvgIpc) is 3.39. The molecule has 2 aliphatic rings. The predicted octanol–water partition coefficient (Wildman–Crippen LogP) is 3.20. The van der Waals surface area contributed by atoms with Crippen LogP contribution in [-0.2, 0) is 12.0 Å². The van der Waals surface area contributed by atoms with Gasteiger partial charge in [0, 0.05) is 12.7 Å². The lowest BCUT2D eigenvalue weighted by molar-refractivity contribution is 0.321. The van der Waals surface area contributed by atoms with E-state index in [2.05, 4.69) is 36.5 Å². The minimum Gasteiger partial charge on any atom is -0.496 e. The zero-order chi connectivity index (χ0) is 15.2. The first-order chi connectivity index (χ1) is 10.8. The number of aromatic nitrogens is 1. The van der Waals surface area contributed by atoms with E-state index in [1.165, 1.54) is 29.5 Å². The first-order valence-electron chi connectivity index (χ1n) is 8.10. The molecule has 0 bridgehead atoms. The predicted molar refractivity (Wildman–Crippen MR) is 87.2 cm³/mol. The minimum atomic E-state index is -0.143. The summed E-state index contributed by atoms with van der Waals surface area (Å²) in [7, 11) is 1.75. The van der Waals surface area contributed by atoms with Crippen LogP contribution < -0.4 is 10.1 Å². The molecule has 0 spiro atoms. The van der Waals surface area contributed by atoms with Crippen molar-refractivity contribution < 1.29 is 4.74 Å². The van der Waals surface area contributed by atoms with E-state index in [4.69, 9.17) is 9.72 Å². The number of methoxy groups -OCH3 is 1. The summed E-state index contributed by atoms with van der Waals surface area (Å²) >= 11 is 0. The maximum atomic E-state index is 5.59. The van der Waals surface area contributed by atoms with Crippen LogP contribution in [0.15, 0.2) is 36.5 Å². The van der Waals surface area contributed by atoms with Crippen molar-refractivity contribution in [1.29, 1.82) is 0 Å². The summed E-state index contributed by atoms with van der Waals surface area (Å²) in [5, 5.41) is 3.82. The molecule has 1 aliphatic carbocycles. The van der Waals surface area contributed by atoms with Crippen LogP contribution in [0.4, 0.5) is 0 Å². The second-order valence-corrected chi connectivity index (χ2v) is 6.45. The maximum absolute atomic E-state index is 5.59. The molecule has 2 aromatic rings. The molecule has 1 fully saturated rings. The fourth-order valence-electron chi connectivity index (χ4n) is 3.95. The van der Waals surface area contributed by atoms with Gasteiger partial charge in [-0.1, -0.05) is 12.1 Å². The van der Waals surface area contributed by atoms with Gasteiger partial charge in [-0.2, -0.15) is 0 Å². The largest absolute Gasteiger partial charge is 0.496 e. The van der Waals surface area contributed by atoms with Crippen molar-refractivity contribution >= 4 is 0 Å². The van der Waals surface area contributed by atoms with E-state index in [1.54, 1.807) is 7.11 Å². The van der Waals surface area contributed by atoms with E-state index in [0.29, 0.717) is 5.92 Å². The molecule has 1 aliphatic heterocycles. The molecule has 1 aromatic heterocycles. The van der Waals surface area contributed by atoms with Crippen molar-refractivity contribution in [2.24, 2.45) is 5.92 Å². The van der Waals surface area contributed by atoms with Crippen LogP contribution >= 0.6 is 0 Å². The summed E-state index contributed by atoms with van der Waals surface area (Å²) in [5.41, 5.74) is 5.02. The van der Waals surface area contributed by atoms with E-state index in [9.17, 15) is 0 Å². The first-order valence-corrected chi connectivity index (χ1v) is 8.10. The van der Waals surface area contributed by atoms with Gasteiger partial charge >= 0.3 is 0 Å². The van der Waals surface area contributed by atoms with Gasteiger partial charge in [-0.15, -0.1) is 0 Å². The number of ether oxygens (including phenoxy) is 1. The summed E-state index contributed by atoms with van der Waals surface area (Å²) < 4.78 is 5.59. The highest BCUT2D eigenvalue weighted by atomic mass is 16.5. The number of fused-ring (bicyclic) bond motifs is 1. The summed E-state index contributed by atoms with van der Waals surface area (Å²) in [6.07, 6.45) is 5.50. The molecule has 0 saturated heterocycles. The molecular formula is C19H22N2O. The average molecular weight is 294 g/mol. The van der Waals surface area contributed by atoms with Gasteiger partial charge in [0.2, 0.25) is 0 Å². The molecule has 2 heterocycles. The van der Waals surface area contributed by atoms with Crippen LogP contribution in [0, 0.1) is 12.8 Å². The number of nitrogens with zero attached hydrogens (tertiary/aromatic N) is 1. The fraction of sp³-hybridized carbons (Fsp3) is 0.421. The number of hydrogen-bond donors (Lipinski definition) is 1. The van der Waals surface area contributed by atoms with Crippen LogP contribution in [0.25, 0.3) is 0 Å². The Morgan fingerprint density at radius 3 is 2.82 bits per heavy atom. The molecule has 1 saturated carbocycles. The zero-order valence-electron chi connectivity index (χ0n) is 13.2. The van der Waals surface area contributed by atoms with E-state index in [-0.39, 0.29) is 5.54 Å². The number of rotatable bonds is 3. The highest BCUT2D eigenvalue weighted by Gasteiger charge is 2.50.